The van der Waals surface area contributed by atoms with Gasteiger partial charge in [-0.2, -0.15) is 0 Å². The van der Waals surface area contributed by atoms with E-state index in [9.17, 15) is 0 Å². The first-order valence-electron chi connectivity index (χ1n) is 8.02. The zero-order valence-corrected chi connectivity index (χ0v) is 13.7. The third kappa shape index (κ3) is 4.23. The Kier molecular flexibility index (Phi) is 6.00. The van der Waals surface area contributed by atoms with Crippen LogP contribution in [0, 0.1) is 11.3 Å². The lowest BCUT2D eigenvalue weighted by molar-refractivity contribution is 0.154. The molecule has 106 valence electrons. The highest BCUT2D eigenvalue weighted by molar-refractivity contribution is 9.09. The van der Waals surface area contributed by atoms with Crippen LogP contribution < -0.4 is 0 Å². The van der Waals surface area contributed by atoms with Gasteiger partial charge in [-0.3, -0.25) is 0 Å². The highest BCUT2D eigenvalue weighted by Gasteiger charge is 2.32. The molecule has 2 aliphatic rings. The average molecular weight is 316 g/mol. The summed E-state index contributed by atoms with van der Waals surface area (Å²) in [7, 11) is 0. The molecule has 18 heavy (non-hydrogen) atoms. The first kappa shape index (κ1) is 14.8. The van der Waals surface area contributed by atoms with Gasteiger partial charge in [-0.15, -0.1) is 0 Å². The van der Waals surface area contributed by atoms with Crippen LogP contribution in [-0.4, -0.2) is 29.9 Å². The lowest BCUT2D eigenvalue weighted by atomic mass is 9.82. The van der Waals surface area contributed by atoms with Gasteiger partial charge in [-0.25, -0.2) is 0 Å². The second-order valence-corrected chi connectivity index (χ2v) is 7.42. The smallest absolute Gasteiger partial charge is 0.0100 e. The molecule has 1 unspecified atom stereocenters. The van der Waals surface area contributed by atoms with Crippen LogP contribution in [0.25, 0.3) is 0 Å². The van der Waals surface area contributed by atoms with Gasteiger partial charge in [0.25, 0.3) is 0 Å². The molecule has 2 fully saturated rings. The SMILES string of the molecule is CC1CCCN(CC2(CBr)CCCCCC2)CC1. The molecule has 1 aliphatic heterocycles. The van der Waals surface area contributed by atoms with Crippen molar-refractivity contribution >= 4 is 15.9 Å². The number of rotatable bonds is 3. The molecule has 1 atom stereocenters. The van der Waals surface area contributed by atoms with E-state index in [0.717, 1.165) is 5.92 Å². The van der Waals surface area contributed by atoms with Gasteiger partial charge in [0.15, 0.2) is 0 Å². The number of likely N-dealkylation sites (tertiary alicyclic amines) is 1. The van der Waals surface area contributed by atoms with Gasteiger partial charge in [0, 0.05) is 11.9 Å². The van der Waals surface area contributed by atoms with Crippen LogP contribution in [-0.2, 0) is 0 Å². The van der Waals surface area contributed by atoms with Crippen LogP contribution in [0.15, 0.2) is 0 Å². The summed E-state index contributed by atoms with van der Waals surface area (Å²) in [5.41, 5.74) is 0.587. The van der Waals surface area contributed by atoms with Gasteiger partial charge in [-0.1, -0.05) is 48.5 Å². The van der Waals surface area contributed by atoms with Crippen molar-refractivity contribution in [1.29, 1.82) is 0 Å². The van der Waals surface area contributed by atoms with E-state index in [2.05, 4.69) is 27.8 Å². The molecule has 0 aromatic carbocycles. The second kappa shape index (κ2) is 7.28. The fraction of sp³-hybridized carbons (Fsp3) is 1.00. The summed E-state index contributed by atoms with van der Waals surface area (Å²) in [5.74, 6) is 0.948. The van der Waals surface area contributed by atoms with Crippen LogP contribution >= 0.6 is 15.9 Å². The topological polar surface area (TPSA) is 3.24 Å². The maximum Gasteiger partial charge on any atom is 0.0100 e. The van der Waals surface area contributed by atoms with Gasteiger partial charge in [0.05, 0.1) is 0 Å². The first-order chi connectivity index (χ1) is 8.74. The van der Waals surface area contributed by atoms with Gasteiger partial charge in [-0.05, 0) is 56.5 Å². The minimum Gasteiger partial charge on any atom is -0.303 e. The van der Waals surface area contributed by atoms with Crippen molar-refractivity contribution in [3.63, 3.8) is 0 Å². The molecule has 0 spiro atoms. The predicted molar refractivity (Wildman–Crippen MR) is 83.4 cm³/mol. The maximum absolute atomic E-state index is 3.83. The van der Waals surface area contributed by atoms with Crippen LogP contribution in [0.1, 0.15) is 64.7 Å². The highest BCUT2D eigenvalue weighted by Crippen LogP contribution is 2.38. The third-order valence-corrected chi connectivity index (χ3v) is 6.31. The van der Waals surface area contributed by atoms with Crippen LogP contribution in [0.2, 0.25) is 0 Å². The van der Waals surface area contributed by atoms with Gasteiger partial charge in [0.2, 0.25) is 0 Å². The van der Waals surface area contributed by atoms with Crippen molar-refractivity contribution in [1.82, 2.24) is 4.90 Å². The van der Waals surface area contributed by atoms with Gasteiger partial charge in [0.1, 0.15) is 0 Å². The molecule has 0 N–H and O–H groups in total. The summed E-state index contributed by atoms with van der Waals surface area (Å²) in [5, 5.41) is 1.21. The van der Waals surface area contributed by atoms with Gasteiger partial charge >= 0.3 is 0 Å². The lowest BCUT2D eigenvalue weighted by Gasteiger charge is -2.36. The zero-order valence-electron chi connectivity index (χ0n) is 12.1. The van der Waals surface area contributed by atoms with Crippen molar-refractivity contribution < 1.29 is 0 Å². The molecule has 1 saturated carbocycles. The fourth-order valence-electron chi connectivity index (χ4n) is 3.77. The van der Waals surface area contributed by atoms with E-state index >= 15 is 0 Å². The Hall–Kier alpha value is 0.440. The molecule has 0 aromatic heterocycles. The monoisotopic (exact) mass is 315 g/mol. The van der Waals surface area contributed by atoms with Crippen LogP contribution in [0.4, 0.5) is 0 Å². The highest BCUT2D eigenvalue weighted by atomic mass is 79.9. The summed E-state index contributed by atoms with van der Waals surface area (Å²) < 4.78 is 0. The Morgan fingerprint density at radius 2 is 1.72 bits per heavy atom. The Labute approximate surface area is 122 Å². The van der Waals surface area contributed by atoms with Crippen LogP contribution in [0.3, 0.4) is 0 Å². The third-order valence-electron chi connectivity index (χ3n) is 5.12. The Morgan fingerprint density at radius 1 is 1.00 bits per heavy atom. The van der Waals surface area contributed by atoms with Crippen molar-refractivity contribution in [3.8, 4) is 0 Å². The normalized spacial score (nSPS) is 30.7. The largest absolute Gasteiger partial charge is 0.303 e. The molecular weight excluding hydrogens is 286 g/mol. The zero-order chi connectivity index (χ0) is 12.8. The summed E-state index contributed by atoms with van der Waals surface area (Å²) in [6.07, 6.45) is 13.0. The number of hydrogen-bond acceptors (Lipinski definition) is 1. The summed E-state index contributed by atoms with van der Waals surface area (Å²) in [6.45, 7) is 6.47. The van der Waals surface area contributed by atoms with Crippen molar-refractivity contribution in [2.45, 2.75) is 64.7 Å². The van der Waals surface area contributed by atoms with E-state index in [1.165, 1.54) is 82.8 Å². The Balaban J connectivity index is 1.91. The molecule has 1 heterocycles. The van der Waals surface area contributed by atoms with Crippen molar-refractivity contribution in [2.24, 2.45) is 11.3 Å². The quantitative estimate of drug-likeness (QED) is 0.532. The first-order valence-corrected chi connectivity index (χ1v) is 9.15. The average Bonchev–Trinajstić information content (AvgIpc) is 2.72. The Morgan fingerprint density at radius 3 is 2.39 bits per heavy atom. The molecule has 1 saturated heterocycles. The molecule has 2 heteroatoms. The summed E-state index contributed by atoms with van der Waals surface area (Å²) in [6, 6.07) is 0. The molecule has 0 aromatic rings. The molecule has 0 radical (unpaired) electrons. The van der Waals surface area contributed by atoms with Crippen LogP contribution in [0.5, 0.6) is 0 Å². The molecule has 0 amide bonds. The van der Waals surface area contributed by atoms with E-state index in [4.69, 9.17) is 0 Å². The molecule has 2 rings (SSSR count). The standard InChI is InChI=1S/C16H30BrN/c1-15-7-6-11-18(12-8-15)14-16(13-17)9-4-2-3-5-10-16/h15H,2-14H2,1H3. The predicted octanol–water partition coefficient (Wildman–Crippen LogP) is 4.84. The minimum absolute atomic E-state index is 0.587. The summed E-state index contributed by atoms with van der Waals surface area (Å²) in [4.78, 5) is 2.77. The van der Waals surface area contributed by atoms with E-state index in [-0.39, 0.29) is 0 Å². The lowest BCUT2D eigenvalue weighted by Crippen LogP contribution is -2.39. The van der Waals surface area contributed by atoms with E-state index in [1.807, 2.05) is 0 Å². The maximum atomic E-state index is 3.83. The molecule has 1 nitrogen and oxygen atoms in total. The number of halogens is 1. The number of nitrogens with zero attached hydrogens (tertiary/aromatic N) is 1. The van der Waals surface area contributed by atoms with Crippen molar-refractivity contribution in [2.75, 3.05) is 25.0 Å². The van der Waals surface area contributed by atoms with Gasteiger partial charge < -0.3 is 4.90 Å². The van der Waals surface area contributed by atoms with Crippen molar-refractivity contribution in [3.05, 3.63) is 0 Å². The summed E-state index contributed by atoms with van der Waals surface area (Å²) >= 11 is 3.83. The fourth-order valence-corrected chi connectivity index (χ4v) is 4.51. The van der Waals surface area contributed by atoms with E-state index in [1.54, 1.807) is 0 Å². The molecule has 1 aliphatic carbocycles. The molecular formula is C16H30BrN. The Bertz CT molecular complexity index is 233. The number of hydrogen-bond donors (Lipinski definition) is 0. The number of alkyl halides is 1. The minimum atomic E-state index is 0.587. The molecule has 0 bridgehead atoms. The second-order valence-electron chi connectivity index (χ2n) is 6.86. The van der Waals surface area contributed by atoms with E-state index < -0.39 is 0 Å². The van der Waals surface area contributed by atoms with E-state index in [0.29, 0.717) is 5.41 Å².